The van der Waals surface area contributed by atoms with Crippen molar-refractivity contribution >= 4 is 11.7 Å². The number of pyridine rings is 2. The maximum absolute atomic E-state index is 12.1. The smallest absolute Gasteiger partial charge is 0.252 e. The van der Waals surface area contributed by atoms with Gasteiger partial charge in [-0.05, 0) is 49.9 Å². The van der Waals surface area contributed by atoms with Crippen LogP contribution in [0.25, 0.3) is 0 Å². The van der Waals surface area contributed by atoms with Gasteiger partial charge in [-0.25, -0.2) is 4.98 Å². The summed E-state index contributed by atoms with van der Waals surface area (Å²) >= 11 is 0. The van der Waals surface area contributed by atoms with Gasteiger partial charge in [-0.2, -0.15) is 0 Å². The monoisotopic (exact) mass is 340 g/mol. The summed E-state index contributed by atoms with van der Waals surface area (Å²) in [4.78, 5) is 20.7. The Morgan fingerprint density at radius 3 is 2.92 bits per heavy atom. The van der Waals surface area contributed by atoms with Crippen LogP contribution in [-0.4, -0.2) is 41.7 Å². The van der Waals surface area contributed by atoms with E-state index < -0.39 is 0 Å². The maximum atomic E-state index is 12.1. The summed E-state index contributed by atoms with van der Waals surface area (Å²) in [6.07, 6.45) is 7.58. The lowest BCUT2D eigenvalue weighted by Crippen LogP contribution is -2.25. The van der Waals surface area contributed by atoms with Crippen LogP contribution < -0.4 is 10.6 Å². The Bertz CT molecular complexity index is 655. The molecule has 0 bridgehead atoms. The molecule has 3 heterocycles. The Labute approximate surface area is 148 Å². The fraction of sp³-hybridized carbons (Fsp3) is 0.421. The summed E-state index contributed by atoms with van der Waals surface area (Å²) in [6.45, 7) is 2.22. The number of carbonyl (C=O) groups excluding carboxylic acids is 1. The first-order valence-electron chi connectivity index (χ1n) is 8.81. The van der Waals surface area contributed by atoms with Crippen LogP contribution in [0.5, 0.6) is 0 Å². The molecular formula is C19H24N4O2. The van der Waals surface area contributed by atoms with Crippen molar-refractivity contribution in [2.75, 3.05) is 25.0 Å². The van der Waals surface area contributed by atoms with Crippen molar-refractivity contribution in [1.29, 1.82) is 0 Å². The second-order valence-corrected chi connectivity index (χ2v) is 6.13. The number of amides is 1. The largest absolute Gasteiger partial charge is 0.376 e. The van der Waals surface area contributed by atoms with E-state index in [1.165, 1.54) is 0 Å². The molecule has 1 atom stereocenters. The van der Waals surface area contributed by atoms with Crippen molar-refractivity contribution in [1.82, 2.24) is 15.3 Å². The Morgan fingerprint density at radius 2 is 2.20 bits per heavy atom. The van der Waals surface area contributed by atoms with Crippen molar-refractivity contribution in [2.24, 2.45) is 0 Å². The molecule has 0 radical (unpaired) electrons. The molecule has 1 amide bonds. The van der Waals surface area contributed by atoms with Crippen LogP contribution in [0.1, 0.15) is 35.3 Å². The number of rotatable bonds is 8. The van der Waals surface area contributed by atoms with Gasteiger partial charge in [0, 0.05) is 37.8 Å². The zero-order valence-electron chi connectivity index (χ0n) is 14.3. The molecule has 1 aliphatic heterocycles. The minimum atomic E-state index is -0.0980. The fourth-order valence-electron chi connectivity index (χ4n) is 2.78. The Kier molecular flexibility index (Phi) is 6.34. The second kappa shape index (κ2) is 9.13. The van der Waals surface area contributed by atoms with Gasteiger partial charge in [0.25, 0.3) is 5.91 Å². The lowest BCUT2D eigenvalue weighted by Gasteiger charge is -2.11. The highest BCUT2D eigenvalue weighted by Gasteiger charge is 2.15. The quantitative estimate of drug-likeness (QED) is 0.722. The molecule has 0 saturated carbocycles. The minimum Gasteiger partial charge on any atom is -0.376 e. The number of hydrogen-bond acceptors (Lipinski definition) is 5. The van der Waals surface area contributed by atoms with Crippen molar-refractivity contribution in [3.8, 4) is 0 Å². The predicted octanol–water partition coefficient (Wildman–Crippen LogP) is 2.43. The van der Waals surface area contributed by atoms with Crippen LogP contribution in [0.4, 0.5) is 5.82 Å². The van der Waals surface area contributed by atoms with Gasteiger partial charge in [0.15, 0.2) is 0 Å². The third-order valence-electron chi connectivity index (χ3n) is 4.18. The van der Waals surface area contributed by atoms with Gasteiger partial charge in [-0.3, -0.25) is 9.78 Å². The molecule has 0 aliphatic carbocycles. The highest BCUT2D eigenvalue weighted by Crippen LogP contribution is 2.13. The molecule has 132 valence electrons. The molecule has 2 aromatic rings. The summed E-state index contributed by atoms with van der Waals surface area (Å²) < 4.78 is 5.56. The van der Waals surface area contributed by atoms with Crippen molar-refractivity contribution < 1.29 is 9.53 Å². The third-order valence-corrected chi connectivity index (χ3v) is 4.18. The number of carbonyl (C=O) groups is 1. The lowest BCUT2D eigenvalue weighted by molar-refractivity contribution is 0.0953. The summed E-state index contributed by atoms with van der Waals surface area (Å²) in [5, 5.41) is 6.17. The van der Waals surface area contributed by atoms with E-state index in [4.69, 9.17) is 4.74 Å². The Morgan fingerprint density at radius 1 is 1.24 bits per heavy atom. The van der Waals surface area contributed by atoms with E-state index in [-0.39, 0.29) is 12.0 Å². The fourth-order valence-corrected chi connectivity index (χ4v) is 2.78. The highest BCUT2D eigenvalue weighted by atomic mass is 16.5. The summed E-state index contributed by atoms with van der Waals surface area (Å²) in [5.41, 5.74) is 1.61. The molecule has 2 aromatic heterocycles. The average Bonchev–Trinajstić information content (AvgIpc) is 3.18. The number of hydrogen-bond donors (Lipinski definition) is 2. The van der Waals surface area contributed by atoms with E-state index in [0.717, 1.165) is 50.3 Å². The number of ether oxygens (including phenoxy) is 1. The van der Waals surface area contributed by atoms with Crippen LogP contribution in [0.2, 0.25) is 0 Å². The molecule has 1 saturated heterocycles. The van der Waals surface area contributed by atoms with Crippen LogP contribution in [0.3, 0.4) is 0 Å². The first-order chi connectivity index (χ1) is 12.3. The number of aromatic nitrogens is 2. The first-order valence-corrected chi connectivity index (χ1v) is 8.81. The molecule has 2 N–H and O–H groups in total. The number of anilines is 1. The molecule has 1 aliphatic rings. The molecular weight excluding hydrogens is 316 g/mol. The van der Waals surface area contributed by atoms with Crippen molar-refractivity contribution in [2.45, 2.75) is 31.8 Å². The second-order valence-electron chi connectivity index (χ2n) is 6.13. The van der Waals surface area contributed by atoms with Gasteiger partial charge >= 0.3 is 0 Å². The number of nitrogens with one attached hydrogen (secondary N) is 2. The van der Waals surface area contributed by atoms with E-state index in [9.17, 15) is 4.79 Å². The van der Waals surface area contributed by atoms with Gasteiger partial charge in [-0.15, -0.1) is 0 Å². The number of nitrogens with zero attached hydrogens (tertiary/aromatic N) is 2. The van der Waals surface area contributed by atoms with E-state index >= 15 is 0 Å². The topological polar surface area (TPSA) is 76.1 Å². The molecule has 3 rings (SSSR count). The van der Waals surface area contributed by atoms with E-state index in [1.54, 1.807) is 18.5 Å². The summed E-state index contributed by atoms with van der Waals surface area (Å²) in [5.74, 6) is 0.668. The average molecular weight is 340 g/mol. The van der Waals surface area contributed by atoms with Gasteiger partial charge < -0.3 is 15.4 Å². The molecule has 6 heteroatoms. The maximum Gasteiger partial charge on any atom is 0.252 e. The lowest BCUT2D eigenvalue weighted by atomic mass is 10.2. The van der Waals surface area contributed by atoms with E-state index in [1.807, 2.05) is 24.3 Å². The first kappa shape index (κ1) is 17.4. The Balaban J connectivity index is 1.38. The van der Waals surface area contributed by atoms with Crippen LogP contribution >= 0.6 is 0 Å². The molecule has 0 spiro atoms. The van der Waals surface area contributed by atoms with Crippen molar-refractivity contribution in [3.63, 3.8) is 0 Å². The van der Waals surface area contributed by atoms with Gasteiger partial charge in [0.1, 0.15) is 5.82 Å². The molecule has 1 fully saturated rings. The minimum absolute atomic E-state index is 0.0980. The zero-order valence-corrected chi connectivity index (χ0v) is 14.3. The van der Waals surface area contributed by atoms with E-state index in [0.29, 0.717) is 12.1 Å². The van der Waals surface area contributed by atoms with Crippen molar-refractivity contribution in [3.05, 3.63) is 54.0 Å². The predicted molar refractivity (Wildman–Crippen MR) is 96.6 cm³/mol. The summed E-state index contributed by atoms with van der Waals surface area (Å²) in [7, 11) is 0. The highest BCUT2D eigenvalue weighted by molar-refractivity contribution is 5.94. The van der Waals surface area contributed by atoms with Gasteiger partial charge in [0.2, 0.25) is 0 Å². The molecule has 0 aromatic carbocycles. The Hall–Kier alpha value is -2.47. The standard InChI is InChI=1S/C19H24N4O2/c24-19(21-11-3-6-16-5-1-2-10-20-16)15-8-9-18(22-13-15)23-14-17-7-4-12-25-17/h1-2,5,8-10,13,17H,3-4,6-7,11-12,14H2,(H,21,24)(H,22,23). The number of aryl methyl sites for hydroxylation is 1. The normalized spacial score (nSPS) is 16.6. The summed E-state index contributed by atoms with van der Waals surface area (Å²) in [6, 6.07) is 9.49. The van der Waals surface area contributed by atoms with Crippen LogP contribution in [-0.2, 0) is 11.2 Å². The molecule has 25 heavy (non-hydrogen) atoms. The third kappa shape index (κ3) is 5.53. The van der Waals surface area contributed by atoms with Crippen LogP contribution in [0.15, 0.2) is 42.7 Å². The van der Waals surface area contributed by atoms with E-state index in [2.05, 4.69) is 20.6 Å². The molecule has 1 unspecified atom stereocenters. The van der Waals surface area contributed by atoms with Crippen LogP contribution in [0, 0.1) is 0 Å². The van der Waals surface area contributed by atoms with Gasteiger partial charge in [-0.1, -0.05) is 6.07 Å². The molecule has 6 nitrogen and oxygen atoms in total. The van der Waals surface area contributed by atoms with Gasteiger partial charge in [0.05, 0.1) is 11.7 Å². The SMILES string of the molecule is O=C(NCCCc1ccccn1)c1ccc(NCC2CCCO2)nc1. The zero-order chi connectivity index (χ0) is 17.3.